The molecule has 1 fully saturated rings. The zero-order chi connectivity index (χ0) is 24.4. The molecule has 1 saturated heterocycles. The summed E-state index contributed by atoms with van der Waals surface area (Å²) < 4.78 is 13.9. The molecular weight excluding hydrogens is 443 g/mol. The summed E-state index contributed by atoms with van der Waals surface area (Å²) in [4.78, 5) is 31.2. The molecule has 3 aromatic rings. The van der Waals surface area contributed by atoms with Gasteiger partial charge in [-0.2, -0.15) is 0 Å². The Hall–Kier alpha value is -3.71. The Morgan fingerprint density at radius 3 is 2.74 bits per heavy atom. The predicted octanol–water partition coefficient (Wildman–Crippen LogP) is 4.38. The van der Waals surface area contributed by atoms with Gasteiger partial charge in [-0.05, 0) is 79.9 Å². The summed E-state index contributed by atoms with van der Waals surface area (Å²) >= 11 is 0. The number of aromatic amines is 1. The molecule has 6 nitrogen and oxygen atoms in total. The monoisotopic (exact) mass is 472 g/mol. The number of benzene rings is 2. The Morgan fingerprint density at radius 1 is 1.14 bits per heavy atom. The van der Waals surface area contributed by atoms with Crippen LogP contribution in [0, 0.1) is 12.7 Å². The van der Waals surface area contributed by atoms with Crippen molar-refractivity contribution in [3.63, 3.8) is 0 Å². The smallest absolute Gasteiger partial charge is 0.256 e. The summed E-state index contributed by atoms with van der Waals surface area (Å²) in [7, 11) is 0. The molecule has 7 heteroatoms. The molecule has 0 bridgehead atoms. The maximum absolute atomic E-state index is 13.9. The molecule has 0 radical (unpaired) electrons. The first-order chi connectivity index (χ1) is 17.0. The molecule has 5 rings (SSSR count). The van der Waals surface area contributed by atoms with Gasteiger partial charge in [0.15, 0.2) is 0 Å². The van der Waals surface area contributed by atoms with Crippen molar-refractivity contribution in [2.75, 3.05) is 31.5 Å². The second-order valence-electron chi connectivity index (χ2n) is 9.22. The molecule has 0 saturated carbocycles. The summed E-state index contributed by atoms with van der Waals surface area (Å²) in [6.07, 6.45) is 4.48. The van der Waals surface area contributed by atoms with Gasteiger partial charge in [0.2, 0.25) is 5.91 Å². The van der Waals surface area contributed by atoms with Crippen molar-refractivity contribution >= 4 is 29.2 Å². The van der Waals surface area contributed by atoms with E-state index < -0.39 is 0 Å². The molecule has 3 heterocycles. The van der Waals surface area contributed by atoms with E-state index in [4.69, 9.17) is 0 Å². The average molecular weight is 473 g/mol. The number of aryl methyl sites for hydroxylation is 1. The minimum atomic E-state index is -0.332. The first-order valence-corrected chi connectivity index (χ1v) is 12.1. The molecular formula is C28H29FN4O2. The summed E-state index contributed by atoms with van der Waals surface area (Å²) in [5.41, 5.74) is 5.85. The van der Waals surface area contributed by atoms with Crippen LogP contribution in [0.2, 0.25) is 0 Å². The van der Waals surface area contributed by atoms with Crippen LogP contribution < -0.4 is 10.6 Å². The summed E-state index contributed by atoms with van der Waals surface area (Å²) in [5.74, 6) is -0.599. The molecule has 35 heavy (non-hydrogen) atoms. The SMILES string of the molecule is Cc1cc(CC(=O)NCCN2CCCC2)c(/C=C2\C(=O)Nc3cccc(-c4cccc(F)c4)c32)[nH]1. The first-order valence-electron chi connectivity index (χ1n) is 12.1. The highest BCUT2D eigenvalue weighted by Gasteiger charge is 2.28. The molecule has 0 atom stereocenters. The predicted molar refractivity (Wildman–Crippen MR) is 136 cm³/mol. The average Bonchev–Trinajstić information content (AvgIpc) is 3.54. The number of carbonyl (C=O) groups excluding carboxylic acids is 2. The molecule has 2 aliphatic rings. The quantitative estimate of drug-likeness (QED) is 0.447. The highest BCUT2D eigenvalue weighted by Crippen LogP contribution is 2.40. The second kappa shape index (κ2) is 9.88. The van der Waals surface area contributed by atoms with Crippen LogP contribution in [-0.2, 0) is 16.0 Å². The first kappa shape index (κ1) is 23.1. The molecule has 0 unspecified atom stereocenters. The van der Waals surface area contributed by atoms with Gasteiger partial charge in [0.25, 0.3) is 5.91 Å². The van der Waals surface area contributed by atoms with E-state index in [1.807, 2.05) is 37.3 Å². The number of fused-ring (bicyclic) bond motifs is 1. The van der Waals surface area contributed by atoms with Crippen molar-refractivity contribution in [3.05, 3.63) is 76.9 Å². The fraction of sp³-hybridized carbons (Fsp3) is 0.286. The molecule has 0 spiro atoms. The van der Waals surface area contributed by atoms with E-state index in [0.29, 0.717) is 23.4 Å². The number of amides is 2. The van der Waals surface area contributed by atoms with E-state index in [-0.39, 0.29) is 24.1 Å². The number of hydrogen-bond acceptors (Lipinski definition) is 3. The topological polar surface area (TPSA) is 77.2 Å². The maximum atomic E-state index is 13.9. The number of aromatic nitrogens is 1. The van der Waals surface area contributed by atoms with Crippen LogP contribution >= 0.6 is 0 Å². The van der Waals surface area contributed by atoms with Crippen LogP contribution in [0.25, 0.3) is 22.8 Å². The number of anilines is 1. The summed E-state index contributed by atoms with van der Waals surface area (Å²) in [6, 6.07) is 13.9. The minimum absolute atomic E-state index is 0.0421. The van der Waals surface area contributed by atoms with Gasteiger partial charge < -0.3 is 20.5 Å². The molecule has 2 amide bonds. The summed E-state index contributed by atoms with van der Waals surface area (Å²) in [6.45, 7) is 5.63. The Kier molecular flexibility index (Phi) is 6.51. The van der Waals surface area contributed by atoms with Gasteiger partial charge >= 0.3 is 0 Å². The number of hydrogen-bond donors (Lipinski definition) is 3. The Balaban J connectivity index is 1.40. The van der Waals surface area contributed by atoms with Crippen LogP contribution in [0.1, 0.15) is 35.4 Å². The maximum Gasteiger partial charge on any atom is 0.256 e. The lowest BCUT2D eigenvalue weighted by atomic mass is 9.94. The fourth-order valence-electron chi connectivity index (χ4n) is 4.97. The van der Waals surface area contributed by atoms with Crippen molar-refractivity contribution in [2.24, 2.45) is 0 Å². The zero-order valence-corrected chi connectivity index (χ0v) is 19.8. The molecule has 0 aliphatic carbocycles. The van der Waals surface area contributed by atoms with Crippen LogP contribution in [0.5, 0.6) is 0 Å². The molecule has 180 valence electrons. The number of likely N-dealkylation sites (tertiary alicyclic amines) is 1. The fourth-order valence-corrected chi connectivity index (χ4v) is 4.97. The second-order valence-corrected chi connectivity index (χ2v) is 9.22. The number of H-pyrrole nitrogens is 1. The van der Waals surface area contributed by atoms with E-state index in [0.717, 1.165) is 47.7 Å². The van der Waals surface area contributed by atoms with E-state index in [1.165, 1.54) is 25.0 Å². The number of carbonyl (C=O) groups is 2. The van der Waals surface area contributed by atoms with E-state index >= 15 is 0 Å². The largest absolute Gasteiger partial charge is 0.359 e. The number of halogens is 1. The van der Waals surface area contributed by atoms with Gasteiger partial charge in [-0.15, -0.1) is 0 Å². The Bertz CT molecular complexity index is 1300. The molecule has 2 aliphatic heterocycles. The number of rotatable bonds is 7. The highest BCUT2D eigenvalue weighted by molar-refractivity contribution is 6.36. The molecule has 2 aromatic carbocycles. The van der Waals surface area contributed by atoms with Crippen LogP contribution in [0.15, 0.2) is 48.5 Å². The third-order valence-corrected chi connectivity index (χ3v) is 6.62. The van der Waals surface area contributed by atoms with Gasteiger partial charge in [-0.25, -0.2) is 4.39 Å². The van der Waals surface area contributed by atoms with Gasteiger partial charge in [0, 0.05) is 35.7 Å². The minimum Gasteiger partial charge on any atom is -0.359 e. The lowest BCUT2D eigenvalue weighted by Gasteiger charge is -2.14. The van der Waals surface area contributed by atoms with Gasteiger partial charge in [-0.1, -0.05) is 24.3 Å². The van der Waals surface area contributed by atoms with Gasteiger partial charge in [0.05, 0.1) is 12.0 Å². The Labute approximate surface area is 204 Å². The van der Waals surface area contributed by atoms with Crippen molar-refractivity contribution in [2.45, 2.75) is 26.2 Å². The molecule has 1 aromatic heterocycles. The number of nitrogens with zero attached hydrogens (tertiary/aromatic N) is 1. The van der Waals surface area contributed by atoms with E-state index in [2.05, 4.69) is 20.5 Å². The third kappa shape index (κ3) is 5.05. The Morgan fingerprint density at radius 2 is 1.94 bits per heavy atom. The van der Waals surface area contributed by atoms with Crippen molar-refractivity contribution < 1.29 is 14.0 Å². The van der Waals surface area contributed by atoms with Crippen molar-refractivity contribution in [3.8, 4) is 11.1 Å². The van der Waals surface area contributed by atoms with E-state index in [9.17, 15) is 14.0 Å². The van der Waals surface area contributed by atoms with E-state index in [1.54, 1.807) is 12.1 Å². The number of nitrogens with one attached hydrogen (secondary N) is 3. The summed E-state index contributed by atoms with van der Waals surface area (Å²) in [5, 5.41) is 5.93. The van der Waals surface area contributed by atoms with Crippen molar-refractivity contribution in [1.29, 1.82) is 0 Å². The standard InChI is InChI=1S/C28H29FN4O2/c1-18-14-20(16-26(34)30-10-13-33-11-2-3-12-33)25(31-18)17-23-27-22(19-6-4-7-21(29)15-19)8-5-9-24(27)32-28(23)35/h4-9,14-15,17,31H,2-3,10-13,16H2,1H3,(H,30,34)(H,32,35)/b23-17-. The lowest BCUT2D eigenvalue weighted by Crippen LogP contribution is -2.34. The zero-order valence-electron chi connectivity index (χ0n) is 19.8. The lowest BCUT2D eigenvalue weighted by molar-refractivity contribution is -0.120. The molecule has 3 N–H and O–H groups in total. The van der Waals surface area contributed by atoms with Gasteiger partial charge in [-0.3, -0.25) is 9.59 Å². The van der Waals surface area contributed by atoms with Crippen LogP contribution in [-0.4, -0.2) is 47.9 Å². The van der Waals surface area contributed by atoms with Crippen LogP contribution in [0.4, 0.5) is 10.1 Å². The highest BCUT2D eigenvalue weighted by atomic mass is 19.1. The normalized spacial score (nSPS) is 16.5. The van der Waals surface area contributed by atoms with Crippen molar-refractivity contribution in [1.82, 2.24) is 15.2 Å². The van der Waals surface area contributed by atoms with Crippen LogP contribution in [0.3, 0.4) is 0 Å². The third-order valence-electron chi connectivity index (χ3n) is 6.62. The van der Waals surface area contributed by atoms with Gasteiger partial charge in [0.1, 0.15) is 5.82 Å².